The summed E-state index contributed by atoms with van der Waals surface area (Å²) >= 11 is 0. The Labute approximate surface area is 201 Å². The molecule has 0 atom stereocenters. The number of benzene rings is 2. The van der Waals surface area contributed by atoms with Crippen LogP contribution >= 0.6 is 0 Å². The maximum absolute atomic E-state index is 12.7. The van der Waals surface area contributed by atoms with E-state index < -0.39 is 5.60 Å². The number of carbonyl (C=O) groups excluding carboxylic acids is 1. The SMILES string of the molecule is Cn1c(CN[C@H]2CC[C@](C)(O)CC2)cc2cc(NC(=O)c3ccc(OCC4CC4)cc3)ccc21. The predicted molar refractivity (Wildman–Crippen MR) is 135 cm³/mol. The lowest BCUT2D eigenvalue weighted by Crippen LogP contribution is -2.39. The summed E-state index contributed by atoms with van der Waals surface area (Å²) in [4.78, 5) is 12.7. The molecule has 2 aliphatic carbocycles. The van der Waals surface area contributed by atoms with Crippen molar-refractivity contribution in [2.75, 3.05) is 11.9 Å². The first-order chi connectivity index (χ1) is 16.4. The van der Waals surface area contributed by atoms with E-state index in [1.807, 2.05) is 43.3 Å². The maximum Gasteiger partial charge on any atom is 0.255 e. The lowest BCUT2D eigenvalue weighted by Gasteiger charge is -2.33. The Bertz CT molecular complexity index is 1150. The summed E-state index contributed by atoms with van der Waals surface area (Å²) < 4.78 is 7.96. The number of aliphatic hydroxyl groups is 1. The van der Waals surface area contributed by atoms with Gasteiger partial charge in [-0.2, -0.15) is 0 Å². The fraction of sp³-hybridized carbons (Fsp3) is 0.464. The summed E-state index contributed by atoms with van der Waals surface area (Å²) in [5.74, 6) is 1.39. The molecule has 34 heavy (non-hydrogen) atoms. The highest BCUT2D eigenvalue weighted by Crippen LogP contribution is 2.30. The van der Waals surface area contributed by atoms with Gasteiger partial charge in [0.05, 0.1) is 12.2 Å². The monoisotopic (exact) mass is 461 g/mol. The minimum Gasteiger partial charge on any atom is -0.493 e. The Hall–Kier alpha value is -2.83. The van der Waals surface area contributed by atoms with Gasteiger partial charge in [0, 0.05) is 47.5 Å². The number of amides is 1. The molecule has 2 aliphatic rings. The van der Waals surface area contributed by atoms with Crippen LogP contribution in [0.15, 0.2) is 48.5 Å². The summed E-state index contributed by atoms with van der Waals surface area (Å²) in [6, 6.07) is 16.0. The van der Waals surface area contributed by atoms with Gasteiger partial charge in [-0.15, -0.1) is 0 Å². The molecule has 180 valence electrons. The Morgan fingerprint density at radius 1 is 1.09 bits per heavy atom. The first-order valence-electron chi connectivity index (χ1n) is 12.4. The lowest BCUT2D eigenvalue weighted by atomic mass is 9.84. The highest BCUT2D eigenvalue weighted by atomic mass is 16.5. The molecule has 6 nitrogen and oxygen atoms in total. The van der Waals surface area contributed by atoms with E-state index in [1.54, 1.807) is 0 Å². The zero-order valence-corrected chi connectivity index (χ0v) is 20.1. The van der Waals surface area contributed by atoms with Crippen LogP contribution in [-0.2, 0) is 13.6 Å². The fourth-order valence-corrected chi connectivity index (χ4v) is 4.75. The standard InChI is InChI=1S/C28H35N3O3/c1-28(33)13-11-22(12-14-28)29-17-24-16-21-15-23(7-10-26(21)31(24)2)30-27(32)20-5-8-25(9-6-20)34-18-19-3-4-19/h5-10,15-16,19,22,29,33H,3-4,11-14,17-18H2,1-2H3,(H,30,32)/t22-,28-. The number of hydrogen-bond acceptors (Lipinski definition) is 4. The zero-order chi connectivity index (χ0) is 23.7. The van der Waals surface area contributed by atoms with Crippen molar-refractivity contribution in [3.8, 4) is 5.75 Å². The number of aryl methyl sites for hydroxylation is 1. The van der Waals surface area contributed by atoms with Gasteiger partial charge in [0.25, 0.3) is 5.91 Å². The molecule has 0 saturated heterocycles. The van der Waals surface area contributed by atoms with Crippen LogP contribution in [0.4, 0.5) is 5.69 Å². The minimum absolute atomic E-state index is 0.126. The van der Waals surface area contributed by atoms with E-state index in [9.17, 15) is 9.90 Å². The van der Waals surface area contributed by atoms with Gasteiger partial charge >= 0.3 is 0 Å². The van der Waals surface area contributed by atoms with Gasteiger partial charge < -0.3 is 25.0 Å². The van der Waals surface area contributed by atoms with Crippen molar-refractivity contribution in [1.82, 2.24) is 9.88 Å². The van der Waals surface area contributed by atoms with Crippen molar-refractivity contribution in [2.24, 2.45) is 13.0 Å². The minimum atomic E-state index is -0.509. The summed E-state index contributed by atoms with van der Waals surface area (Å²) in [7, 11) is 2.08. The number of carbonyl (C=O) groups is 1. The molecule has 1 amide bonds. The van der Waals surface area contributed by atoms with Crippen LogP contribution in [0.1, 0.15) is 61.5 Å². The van der Waals surface area contributed by atoms with Crippen LogP contribution in [0, 0.1) is 5.92 Å². The smallest absolute Gasteiger partial charge is 0.255 e. The van der Waals surface area contributed by atoms with E-state index in [4.69, 9.17) is 4.74 Å². The summed E-state index contributed by atoms with van der Waals surface area (Å²) in [6.07, 6.45) is 6.21. The lowest BCUT2D eigenvalue weighted by molar-refractivity contribution is 0.0139. The molecule has 6 heteroatoms. The number of anilines is 1. The highest BCUT2D eigenvalue weighted by molar-refractivity contribution is 6.05. The van der Waals surface area contributed by atoms with Gasteiger partial charge in [0.1, 0.15) is 5.75 Å². The van der Waals surface area contributed by atoms with E-state index in [2.05, 4.69) is 34.4 Å². The molecule has 1 heterocycles. The first-order valence-corrected chi connectivity index (χ1v) is 12.4. The second-order valence-corrected chi connectivity index (χ2v) is 10.4. The quantitative estimate of drug-likeness (QED) is 0.441. The third-order valence-electron chi connectivity index (χ3n) is 7.33. The Morgan fingerprint density at radius 3 is 2.53 bits per heavy atom. The Balaban J connectivity index is 1.20. The molecule has 3 N–H and O–H groups in total. The molecule has 2 saturated carbocycles. The molecule has 1 aromatic heterocycles. The van der Waals surface area contributed by atoms with Crippen molar-refractivity contribution in [2.45, 2.75) is 63.6 Å². The number of nitrogens with zero attached hydrogens (tertiary/aromatic N) is 1. The normalized spacial score (nSPS) is 22.6. The molecule has 2 fully saturated rings. The van der Waals surface area contributed by atoms with E-state index in [0.717, 1.165) is 61.2 Å². The van der Waals surface area contributed by atoms with Gasteiger partial charge in [-0.1, -0.05) is 0 Å². The van der Waals surface area contributed by atoms with E-state index in [1.165, 1.54) is 18.5 Å². The van der Waals surface area contributed by atoms with Crippen LogP contribution in [0.25, 0.3) is 10.9 Å². The molecule has 0 unspecified atom stereocenters. The van der Waals surface area contributed by atoms with E-state index in [-0.39, 0.29) is 5.91 Å². The molecular formula is C28H35N3O3. The average Bonchev–Trinajstić information content (AvgIpc) is 3.60. The molecule has 0 bridgehead atoms. The Morgan fingerprint density at radius 2 is 1.82 bits per heavy atom. The number of ether oxygens (including phenoxy) is 1. The van der Waals surface area contributed by atoms with Crippen LogP contribution in [0.5, 0.6) is 5.75 Å². The third kappa shape index (κ3) is 5.45. The molecule has 3 aromatic rings. The number of aromatic nitrogens is 1. The van der Waals surface area contributed by atoms with Gasteiger partial charge in [0.2, 0.25) is 0 Å². The van der Waals surface area contributed by atoms with Crippen molar-refractivity contribution in [3.05, 3.63) is 59.8 Å². The largest absolute Gasteiger partial charge is 0.493 e. The van der Waals surface area contributed by atoms with Crippen LogP contribution in [0.3, 0.4) is 0 Å². The molecule has 5 rings (SSSR count). The van der Waals surface area contributed by atoms with E-state index in [0.29, 0.717) is 17.5 Å². The first kappa shape index (κ1) is 22.9. The van der Waals surface area contributed by atoms with Crippen molar-refractivity contribution >= 4 is 22.5 Å². The maximum atomic E-state index is 12.7. The van der Waals surface area contributed by atoms with Crippen LogP contribution in [0.2, 0.25) is 0 Å². The molecule has 0 radical (unpaired) electrons. The Kier molecular flexibility index (Phi) is 6.36. The van der Waals surface area contributed by atoms with Crippen molar-refractivity contribution < 1.29 is 14.6 Å². The number of nitrogens with one attached hydrogen (secondary N) is 2. The molecule has 0 spiro atoms. The number of rotatable bonds is 8. The number of hydrogen-bond donors (Lipinski definition) is 3. The van der Waals surface area contributed by atoms with Crippen LogP contribution in [-0.4, -0.2) is 33.8 Å². The molecular weight excluding hydrogens is 426 g/mol. The third-order valence-corrected chi connectivity index (χ3v) is 7.33. The van der Waals surface area contributed by atoms with Gasteiger partial charge in [0.15, 0.2) is 0 Å². The zero-order valence-electron chi connectivity index (χ0n) is 20.1. The number of fused-ring (bicyclic) bond motifs is 1. The fourth-order valence-electron chi connectivity index (χ4n) is 4.75. The topological polar surface area (TPSA) is 75.5 Å². The molecule has 2 aromatic carbocycles. The average molecular weight is 462 g/mol. The predicted octanol–water partition coefficient (Wildman–Crippen LogP) is 5.00. The second-order valence-electron chi connectivity index (χ2n) is 10.4. The van der Waals surface area contributed by atoms with Gasteiger partial charge in [-0.05, 0) is 99.9 Å². The second kappa shape index (κ2) is 9.43. The van der Waals surface area contributed by atoms with Gasteiger partial charge in [-0.25, -0.2) is 0 Å². The summed E-state index contributed by atoms with van der Waals surface area (Å²) in [5, 5.41) is 17.9. The van der Waals surface area contributed by atoms with E-state index >= 15 is 0 Å². The summed E-state index contributed by atoms with van der Waals surface area (Å²) in [5.41, 5.74) is 3.23. The van der Waals surface area contributed by atoms with Crippen molar-refractivity contribution in [3.63, 3.8) is 0 Å². The summed E-state index contributed by atoms with van der Waals surface area (Å²) in [6.45, 7) is 3.49. The molecule has 0 aliphatic heterocycles. The van der Waals surface area contributed by atoms with Gasteiger partial charge in [-0.3, -0.25) is 4.79 Å². The highest BCUT2D eigenvalue weighted by Gasteiger charge is 2.28. The van der Waals surface area contributed by atoms with Crippen LogP contribution < -0.4 is 15.4 Å². The van der Waals surface area contributed by atoms with Crippen molar-refractivity contribution in [1.29, 1.82) is 0 Å².